The summed E-state index contributed by atoms with van der Waals surface area (Å²) in [7, 11) is -3.21. The molecule has 0 fully saturated rings. The van der Waals surface area contributed by atoms with Crippen LogP contribution in [0, 0.1) is 0 Å². The molecule has 0 aliphatic heterocycles. The first kappa shape index (κ1) is 12.6. The van der Waals surface area contributed by atoms with Gasteiger partial charge >= 0.3 is 0 Å². The molecule has 0 aliphatic carbocycles. The van der Waals surface area contributed by atoms with Crippen LogP contribution in [0.5, 0.6) is 0 Å². The van der Waals surface area contributed by atoms with Crippen molar-refractivity contribution in [2.24, 2.45) is 0 Å². The van der Waals surface area contributed by atoms with Crippen molar-refractivity contribution in [3.05, 3.63) is 77.2 Å². The van der Waals surface area contributed by atoms with Crippen LogP contribution in [0.2, 0.25) is 0 Å². The Morgan fingerprint density at radius 2 is 1.39 bits per heavy atom. The van der Waals surface area contributed by atoms with Crippen LogP contribution in [0.4, 0.5) is 0 Å². The first-order valence-electron chi connectivity index (χ1n) is 5.65. The van der Waals surface area contributed by atoms with Crippen LogP contribution < -0.4 is 0 Å². The Kier molecular flexibility index (Phi) is 3.95. The van der Waals surface area contributed by atoms with Gasteiger partial charge in [0.25, 0.3) is 0 Å². The number of hydrogen-bond acceptors (Lipinski definition) is 2. The van der Waals surface area contributed by atoms with Gasteiger partial charge in [-0.05, 0) is 17.2 Å². The minimum Gasteiger partial charge on any atom is -0.224 e. The Bertz CT molecular complexity index is 614. The van der Waals surface area contributed by atoms with Gasteiger partial charge in [0.2, 0.25) is 0 Å². The van der Waals surface area contributed by atoms with Crippen LogP contribution in [0.1, 0.15) is 11.1 Å². The van der Waals surface area contributed by atoms with Crippen molar-refractivity contribution < 1.29 is 8.42 Å². The van der Waals surface area contributed by atoms with Crippen molar-refractivity contribution >= 4 is 15.9 Å². The molecular weight excluding hydrogens is 244 g/mol. The van der Waals surface area contributed by atoms with Gasteiger partial charge in [0.15, 0.2) is 9.84 Å². The van der Waals surface area contributed by atoms with Crippen molar-refractivity contribution in [3.8, 4) is 0 Å². The summed E-state index contributed by atoms with van der Waals surface area (Å²) in [5.41, 5.74) is 1.68. The number of rotatable bonds is 4. The summed E-state index contributed by atoms with van der Waals surface area (Å²) in [5.74, 6) is 0.0389. The monoisotopic (exact) mass is 258 g/mol. The summed E-state index contributed by atoms with van der Waals surface area (Å²) in [5, 5.41) is 1.27. The zero-order valence-electron chi connectivity index (χ0n) is 9.86. The van der Waals surface area contributed by atoms with E-state index in [1.54, 1.807) is 6.08 Å². The maximum Gasteiger partial charge on any atom is 0.175 e. The Morgan fingerprint density at radius 1 is 0.833 bits per heavy atom. The Balaban J connectivity index is 2.11. The normalized spacial score (nSPS) is 11.8. The minimum atomic E-state index is -3.21. The summed E-state index contributed by atoms with van der Waals surface area (Å²) in [6, 6.07) is 18.6. The summed E-state index contributed by atoms with van der Waals surface area (Å²) in [4.78, 5) is 0. The van der Waals surface area contributed by atoms with E-state index in [2.05, 4.69) is 0 Å². The molecule has 3 heteroatoms. The van der Waals surface area contributed by atoms with E-state index in [4.69, 9.17) is 0 Å². The average molecular weight is 258 g/mol. The van der Waals surface area contributed by atoms with Crippen molar-refractivity contribution in [3.63, 3.8) is 0 Å². The smallest absolute Gasteiger partial charge is 0.175 e. The molecule has 92 valence electrons. The lowest BCUT2D eigenvalue weighted by atomic mass is 10.2. The van der Waals surface area contributed by atoms with Crippen LogP contribution in [0.25, 0.3) is 6.08 Å². The second kappa shape index (κ2) is 5.65. The largest absolute Gasteiger partial charge is 0.224 e. The third kappa shape index (κ3) is 3.86. The molecule has 2 nitrogen and oxygen atoms in total. The summed E-state index contributed by atoms with van der Waals surface area (Å²) >= 11 is 0. The van der Waals surface area contributed by atoms with Gasteiger partial charge in [0, 0.05) is 5.41 Å². The fraction of sp³-hybridized carbons (Fsp3) is 0.0667. The van der Waals surface area contributed by atoms with Crippen molar-refractivity contribution in [2.45, 2.75) is 5.75 Å². The molecule has 0 saturated heterocycles. The highest BCUT2D eigenvalue weighted by Crippen LogP contribution is 2.09. The molecule has 0 heterocycles. The minimum absolute atomic E-state index is 0.0389. The molecule has 0 aromatic heterocycles. The second-order valence-electron chi connectivity index (χ2n) is 4.01. The second-order valence-corrected chi connectivity index (χ2v) is 5.89. The number of benzene rings is 2. The average Bonchev–Trinajstić information content (AvgIpc) is 2.38. The molecule has 18 heavy (non-hydrogen) atoms. The fourth-order valence-electron chi connectivity index (χ4n) is 1.60. The SMILES string of the molecule is O=S(=O)(/C=C\c1ccccc1)Cc1ccccc1. The summed E-state index contributed by atoms with van der Waals surface area (Å²) < 4.78 is 23.8. The van der Waals surface area contributed by atoms with E-state index in [9.17, 15) is 8.42 Å². The van der Waals surface area contributed by atoms with Crippen LogP contribution in [0.3, 0.4) is 0 Å². The van der Waals surface area contributed by atoms with Gasteiger partial charge in [-0.25, -0.2) is 8.42 Å². The summed E-state index contributed by atoms with van der Waals surface area (Å²) in [6.07, 6.45) is 1.62. The topological polar surface area (TPSA) is 34.1 Å². The highest BCUT2D eigenvalue weighted by Gasteiger charge is 2.06. The van der Waals surface area contributed by atoms with E-state index in [0.717, 1.165) is 11.1 Å². The maximum absolute atomic E-state index is 11.9. The number of sulfone groups is 1. The predicted molar refractivity (Wildman–Crippen MR) is 74.5 cm³/mol. The zero-order valence-corrected chi connectivity index (χ0v) is 10.7. The molecule has 0 spiro atoms. The van der Waals surface area contributed by atoms with Gasteiger partial charge in [-0.3, -0.25) is 0 Å². The molecule has 0 bridgehead atoms. The molecule has 0 saturated carbocycles. The van der Waals surface area contributed by atoms with E-state index in [1.165, 1.54) is 5.41 Å². The highest BCUT2D eigenvalue weighted by atomic mass is 32.2. The lowest BCUT2D eigenvalue weighted by Gasteiger charge is -1.99. The highest BCUT2D eigenvalue weighted by molar-refractivity contribution is 7.93. The predicted octanol–water partition coefficient (Wildman–Crippen LogP) is 3.27. The Labute approximate surface area is 108 Å². The quantitative estimate of drug-likeness (QED) is 0.843. The van der Waals surface area contributed by atoms with Crippen LogP contribution in [0.15, 0.2) is 66.1 Å². The maximum atomic E-state index is 11.9. The van der Waals surface area contributed by atoms with Gasteiger partial charge in [-0.1, -0.05) is 60.7 Å². The van der Waals surface area contributed by atoms with Crippen LogP contribution in [-0.2, 0) is 15.6 Å². The standard InChI is InChI=1S/C15H14O2S/c16-18(17,13-15-9-5-2-6-10-15)12-11-14-7-3-1-4-8-14/h1-12H,13H2/b12-11-. The van der Waals surface area contributed by atoms with Crippen molar-refractivity contribution in [1.82, 2.24) is 0 Å². The van der Waals surface area contributed by atoms with E-state index in [0.29, 0.717) is 0 Å². The molecule has 0 atom stereocenters. The Morgan fingerprint density at radius 3 is 2.00 bits per heavy atom. The molecule has 0 N–H and O–H groups in total. The molecule has 2 aromatic rings. The summed E-state index contributed by atoms with van der Waals surface area (Å²) in [6.45, 7) is 0. The molecule has 0 aliphatic rings. The third-order valence-electron chi connectivity index (χ3n) is 2.48. The molecule has 2 aromatic carbocycles. The van der Waals surface area contributed by atoms with Crippen LogP contribution in [-0.4, -0.2) is 8.42 Å². The zero-order chi connectivity index (χ0) is 12.8. The van der Waals surface area contributed by atoms with Gasteiger partial charge in [0.1, 0.15) is 0 Å². The molecule has 0 unspecified atom stereocenters. The third-order valence-corrected chi connectivity index (χ3v) is 3.76. The van der Waals surface area contributed by atoms with Crippen LogP contribution >= 0.6 is 0 Å². The molecule has 2 rings (SSSR count). The first-order valence-corrected chi connectivity index (χ1v) is 7.37. The molecule has 0 amide bonds. The first-order chi connectivity index (χ1) is 8.66. The van der Waals surface area contributed by atoms with E-state index in [-0.39, 0.29) is 5.75 Å². The molecule has 0 radical (unpaired) electrons. The number of hydrogen-bond donors (Lipinski definition) is 0. The van der Waals surface area contributed by atoms with Gasteiger partial charge in [0.05, 0.1) is 5.75 Å². The van der Waals surface area contributed by atoms with Crippen molar-refractivity contribution in [2.75, 3.05) is 0 Å². The van der Waals surface area contributed by atoms with E-state index in [1.807, 2.05) is 60.7 Å². The van der Waals surface area contributed by atoms with E-state index >= 15 is 0 Å². The van der Waals surface area contributed by atoms with Gasteiger partial charge in [-0.15, -0.1) is 0 Å². The van der Waals surface area contributed by atoms with Gasteiger partial charge in [-0.2, -0.15) is 0 Å². The Hall–Kier alpha value is -1.87. The molecular formula is C15H14O2S. The lowest BCUT2D eigenvalue weighted by Crippen LogP contribution is -1.99. The fourth-order valence-corrected chi connectivity index (χ4v) is 2.72. The van der Waals surface area contributed by atoms with Crippen molar-refractivity contribution in [1.29, 1.82) is 0 Å². The lowest BCUT2D eigenvalue weighted by molar-refractivity contribution is 0.604. The van der Waals surface area contributed by atoms with Gasteiger partial charge < -0.3 is 0 Å². The van der Waals surface area contributed by atoms with E-state index < -0.39 is 9.84 Å².